The standard InChI is InChI=1S/C17H27N3O/c1-2-20(16-9-11-18-12-10-16)14-17(21)19-13-8-15-6-4-3-5-7-15/h3-7,16,18H,2,8-14H2,1H3,(H,19,21). The number of hydrogen-bond acceptors (Lipinski definition) is 3. The molecule has 1 amide bonds. The monoisotopic (exact) mass is 289 g/mol. The number of amides is 1. The van der Waals surface area contributed by atoms with E-state index in [1.54, 1.807) is 0 Å². The van der Waals surface area contributed by atoms with Crippen LogP contribution < -0.4 is 10.6 Å². The molecule has 2 N–H and O–H groups in total. The van der Waals surface area contributed by atoms with Gasteiger partial charge in [-0.2, -0.15) is 0 Å². The van der Waals surface area contributed by atoms with Crippen molar-refractivity contribution in [2.75, 3.05) is 32.7 Å². The van der Waals surface area contributed by atoms with Crippen LogP contribution in [0.15, 0.2) is 30.3 Å². The summed E-state index contributed by atoms with van der Waals surface area (Å²) >= 11 is 0. The summed E-state index contributed by atoms with van der Waals surface area (Å²) in [6, 6.07) is 10.8. The van der Waals surface area contributed by atoms with Crippen LogP contribution in [0, 0.1) is 0 Å². The fourth-order valence-corrected chi connectivity index (χ4v) is 2.90. The summed E-state index contributed by atoms with van der Waals surface area (Å²) in [7, 11) is 0. The molecule has 4 nitrogen and oxygen atoms in total. The molecule has 1 heterocycles. The SMILES string of the molecule is CCN(CC(=O)NCCc1ccccc1)C1CCNCC1. The van der Waals surface area contributed by atoms with E-state index in [4.69, 9.17) is 0 Å². The van der Waals surface area contributed by atoms with Crippen molar-refractivity contribution in [3.8, 4) is 0 Å². The number of nitrogens with one attached hydrogen (secondary N) is 2. The number of benzene rings is 1. The Morgan fingerprint density at radius 2 is 2.00 bits per heavy atom. The van der Waals surface area contributed by atoms with Crippen LogP contribution in [0.5, 0.6) is 0 Å². The Hall–Kier alpha value is -1.39. The molecule has 0 spiro atoms. The van der Waals surface area contributed by atoms with E-state index in [0.717, 1.165) is 38.9 Å². The quantitative estimate of drug-likeness (QED) is 0.798. The van der Waals surface area contributed by atoms with Gasteiger partial charge in [0.1, 0.15) is 0 Å². The van der Waals surface area contributed by atoms with Gasteiger partial charge in [0, 0.05) is 12.6 Å². The van der Waals surface area contributed by atoms with E-state index in [2.05, 4.69) is 34.6 Å². The highest BCUT2D eigenvalue weighted by Crippen LogP contribution is 2.10. The molecule has 1 saturated heterocycles. The van der Waals surface area contributed by atoms with Crippen LogP contribution in [-0.4, -0.2) is 49.6 Å². The van der Waals surface area contributed by atoms with E-state index in [0.29, 0.717) is 19.1 Å². The maximum absolute atomic E-state index is 12.1. The zero-order valence-electron chi connectivity index (χ0n) is 13.0. The molecule has 1 aromatic rings. The van der Waals surface area contributed by atoms with Crippen molar-refractivity contribution in [2.45, 2.75) is 32.2 Å². The highest BCUT2D eigenvalue weighted by atomic mass is 16.2. The second kappa shape index (κ2) is 8.80. The molecule has 4 heteroatoms. The number of hydrogen-bond donors (Lipinski definition) is 2. The molecule has 116 valence electrons. The highest BCUT2D eigenvalue weighted by Gasteiger charge is 2.21. The van der Waals surface area contributed by atoms with Crippen molar-refractivity contribution in [3.05, 3.63) is 35.9 Å². The van der Waals surface area contributed by atoms with Gasteiger partial charge in [-0.05, 0) is 44.5 Å². The lowest BCUT2D eigenvalue weighted by atomic mass is 10.0. The van der Waals surface area contributed by atoms with Crippen LogP contribution in [0.3, 0.4) is 0 Å². The topological polar surface area (TPSA) is 44.4 Å². The van der Waals surface area contributed by atoms with Crippen LogP contribution in [-0.2, 0) is 11.2 Å². The van der Waals surface area contributed by atoms with Gasteiger partial charge in [0.05, 0.1) is 6.54 Å². The minimum atomic E-state index is 0.145. The Balaban J connectivity index is 1.70. The Kier molecular flexibility index (Phi) is 6.70. The van der Waals surface area contributed by atoms with Crippen molar-refractivity contribution in [1.29, 1.82) is 0 Å². The lowest BCUT2D eigenvalue weighted by Crippen LogP contribution is -2.47. The third kappa shape index (κ3) is 5.48. The van der Waals surface area contributed by atoms with Crippen LogP contribution in [0.2, 0.25) is 0 Å². The van der Waals surface area contributed by atoms with Crippen LogP contribution in [0.25, 0.3) is 0 Å². The average molecular weight is 289 g/mol. The molecule has 1 aromatic carbocycles. The number of carbonyl (C=O) groups is 1. The van der Waals surface area contributed by atoms with Gasteiger partial charge in [-0.3, -0.25) is 9.69 Å². The van der Waals surface area contributed by atoms with Gasteiger partial charge in [-0.15, -0.1) is 0 Å². The van der Waals surface area contributed by atoms with Gasteiger partial charge in [0.25, 0.3) is 0 Å². The molecule has 0 atom stereocenters. The van der Waals surface area contributed by atoms with E-state index in [-0.39, 0.29) is 5.91 Å². The van der Waals surface area contributed by atoms with Gasteiger partial charge in [-0.1, -0.05) is 37.3 Å². The molecule has 0 aromatic heterocycles. The van der Waals surface area contributed by atoms with Crippen LogP contribution in [0.1, 0.15) is 25.3 Å². The first-order valence-corrected chi connectivity index (χ1v) is 8.05. The average Bonchev–Trinajstić information content (AvgIpc) is 2.54. The normalized spacial score (nSPS) is 16.1. The third-order valence-corrected chi connectivity index (χ3v) is 4.16. The van der Waals surface area contributed by atoms with Crippen molar-refractivity contribution < 1.29 is 4.79 Å². The summed E-state index contributed by atoms with van der Waals surface area (Å²) in [6.07, 6.45) is 3.18. The maximum atomic E-state index is 12.1. The first kappa shape index (κ1) is 16.0. The largest absolute Gasteiger partial charge is 0.355 e. The Morgan fingerprint density at radius 1 is 1.29 bits per heavy atom. The van der Waals surface area contributed by atoms with Crippen molar-refractivity contribution >= 4 is 5.91 Å². The van der Waals surface area contributed by atoms with Crippen molar-refractivity contribution in [3.63, 3.8) is 0 Å². The van der Waals surface area contributed by atoms with E-state index < -0.39 is 0 Å². The molecule has 1 fully saturated rings. The molecule has 1 aliphatic heterocycles. The molecule has 2 rings (SSSR count). The number of piperidine rings is 1. The second-order valence-electron chi connectivity index (χ2n) is 5.63. The smallest absolute Gasteiger partial charge is 0.234 e. The number of carbonyl (C=O) groups excluding carboxylic acids is 1. The molecule has 0 saturated carbocycles. The zero-order valence-corrected chi connectivity index (χ0v) is 13.0. The van der Waals surface area contributed by atoms with Gasteiger partial charge >= 0.3 is 0 Å². The van der Waals surface area contributed by atoms with Crippen LogP contribution in [0.4, 0.5) is 0 Å². The van der Waals surface area contributed by atoms with Crippen molar-refractivity contribution in [2.24, 2.45) is 0 Å². The van der Waals surface area contributed by atoms with Gasteiger partial charge in [0.2, 0.25) is 5.91 Å². The molecule has 0 bridgehead atoms. The predicted octanol–water partition coefficient (Wildman–Crippen LogP) is 1.42. The van der Waals surface area contributed by atoms with Crippen molar-refractivity contribution in [1.82, 2.24) is 15.5 Å². The Labute approximate surface area is 127 Å². The molecule has 0 aliphatic carbocycles. The Morgan fingerprint density at radius 3 is 2.67 bits per heavy atom. The first-order chi connectivity index (χ1) is 10.3. The zero-order chi connectivity index (χ0) is 14.9. The van der Waals surface area contributed by atoms with E-state index in [9.17, 15) is 4.79 Å². The summed E-state index contributed by atoms with van der Waals surface area (Å²) < 4.78 is 0. The third-order valence-electron chi connectivity index (χ3n) is 4.16. The molecular formula is C17H27N3O. The maximum Gasteiger partial charge on any atom is 0.234 e. The summed E-state index contributed by atoms with van der Waals surface area (Å²) in [5.41, 5.74) is 1.27. The number of rotatable bonds is 7. The summed E-state index contributed by atoms with van der Waals surface area (Å²) in [5, 5.41) is 6.41. The summed E-state index contributed by atoms with van der Waals surface area (Å²) in [6.45, 7) is 6.45. The predicted molar refractivity (Wildman–Crippen MR) is 86.3 cm³/mol. The number of nitrogens with zero attached hydrogens (tertiary/aromatic N) is 1. The second-order valence-corrected chi connectivity index (χ2v) is 5.63. The van der Waals surface area contributed by atoms with E-state index >= 15 is 0 Å². The molecule has 1 aliphatic rings. The number of likely N-dealkylation sites (N-methyl/N-ethyl adjacent to an activating group) is 1. The minimum absolute atomic E-state index is 0.145. The highest BCUT2D eigenvalue weighted by molar-refractivity contribution is 5.78. The summed E-state index contributed by atoms with van der Waals surface area (Å²) in [4.78, 5) is 14.4. The lowest BCUT2D eigenvalue weighted by Gasteiger charge is -2.33. The molecule has 21 heavy (non-hydrogen) atoms. The molecule has 0 unspecified atom stereocenters. The van der Waals surface area contributed by atoms with E-state index in [1.807, 2.05) is 18.2 Å². The van der Waals surface area contributed by atoms with Gasteiger partial charge in [0.15, 0.2) is 0 Å². The lowest BCUT2D eigenvalue weighted by molar-refractivity contribution is -0.122. The molecular weight excluding hydrogens is 262 g/mol. The fraction of sp³-hybridized carbons (Fsp3) is 0.588. The minimum Gasteiger partial charge on any atom is -0.355 e. The fourth-order valence-electron chi connectivity index (χ4n) is 2.90. The first-order valence-electron chi connectivity index (χ1n) is 8.05. The Bertz CT molecular complexity index is 415. The summed E-state index contributed by atoms with van der Waals surface area (Å²) in [5.74, 6) is 0.145. The molecule has 0 radical (unpaired) electrons. The van der Waals surface area contributed by atoms with E-state index in [1.165, 1.54) is 5.56 Å². The van der Waals surface area contributed by atoms with Gasteiger partial charge < -0.3 is 10.6 Å². The van der Waals surface area contributed by atoms with Crippen LogP contribution >= 0.6 is 0 Å². The van der Waals surface area contributed by atoms with Gasteiger partial charge in [-0.25, -0.2) is 0 Å².